The molecule has 96 valence electrons. The van der Waals surface area contributed by atoms with Crippen LogP contribution in [0.25, 0.3) is 11.5 Å². The average molecular weight is 245 g/mol. The van der Waals surface area contributed by atoms with E-state index in [1.54, 1.807) is 7.11 Å². The molecule has 1 aromatic heterocycles. The van der Waals surface area contributed by atoms with Crippen LogP contribution in [-0.4, -0.2) is 12.1 Å². The lowest BCUT2D eigenvalue weighted by molar-refractivity contribution is 0.414. The van der Waals surface area contributed by atoms with Crippen molar-refractivity contribution in [2.75, 3.05) is 7.11 Å². The maximum absolute atomic E-state index is 5.89. The largest absolute Gasteiger partial charge is 0.497 e. The van der Waals surface area contributed by atoms with Crippen LogP contribution < -0.4 is 4.74 Å². The molecular weight excluding hydrogens is 226 g/mol. The van der Waals surface area contributed by atoms with E-state index in [0.29, 0.717) is 11.8 Å². The van der Waals surface area contributed by atoms with Crippen molar-refractivity contribution >= 4 is 0 Å². The summed E-state index contributed by atoms with van der Waals surface area (Å²) in [7, 11) is 1.66. The van der Waals surface area contributed by atoms with Gasteiger partial charge in [0.15, 0.2) is 0 Å². The van der Waals surface area contributed by atoms with E-state index in [1.165, 1.54) is 0 Å². The van der Waals surface area contributed by atoms with Crippen molar-refractivity contribution in [2.45, 2.75) is 33.1 Å². The Morgan fingerprint density at radius 3 is 2.67 bits per heavy atom. The van der Waals surface area contributed by atoms with Gasteiger partial charge in [-0.15, -0.1) is 0 Å². The summed E-state index contributed by atoms with van der Waals surface area (Å²) in [6, 6.07) is 7.78. The fraction of sp³-hybridized carbons (Fsp3) is 0.400. The second kappa shape index (κ2) is 5.25. The highest BCUT2D eigenvalue weighted by molar-refractivity contribution is 5.56. The van der Waals surface area contributed by atoms with E-state index < -0.39 is 0 Å². The Hall–Kier alpha value is -1.77. The molecule has 0 aliphatic heterocycles. The zero-order valence-electron chi connectivity index (χ0n) is 11.4. The molecule has 0 aliphatic carbocycles. The molecule has 2 aromatic rings. The lowest BCUT2D eigenvalue weighted by Crippen LogP contribution is -1.90. The molecule has 0 aliphatic rings. The van der Waals surface area contributed by atoms with Crippen LogP contribution in [0, 0.1) is 0 Å². The quantitative estimate of drug-likeness (QED) is 0.815. The van der Waals surface area contributed by atoms with Crippen molar-refractivity contribution in [3.8, 4) is 17.2 Å². The minimum Gasteiger partial charge on any atom is -0.497 e. The lowest BCUT2D eigenvalue weighted by Gasteiger charge is -2.01. The van der Waals surface area contributed by atoms with Crippen LogP contribution in [0.4, 0.5) is 0 Å². The second-order valence-corrected chi connectivity index (χ2v) is 4.57. The molecule has 0 bridgehead atoms. The first-order valence-electron chi connectivity index (χ1n) is 6.29. The summed E-state index contributed by atoms with van der Waals surface area (Å²) in [6.45, 7) is 6.34. The van der Waals surface area contributed by atoms with Crippen LogP contribution in [0.15, 0.2) is 28.7 Å². The van der Waals surface area contributed by atoms with Crippen LogP contribution in [-0.2, 0) is 6.42 Å². The maximum atomic E-state index is 5.89. The normalized spacial score (nSPS) is 10.9. The molecule has 0 atom stereocenters. The first kappa shape index (κ1) is 12.7. The standard InChI is InChI=1S/C15H19NO2/c1-5-13-14(10(2)3)18-15(16-13)11-7-6-8-12(9-11)17-4/h6-10H,5H2,1-4H3. The van der Waals surface area contributed by atoms with E-state index in [-0.39, 0.29) is 0 Å². The Morgan fingerprint density at radius 2 is 2.11 bits per heavy atom. The average Bonchev–Trinajstić information content (AvgIpc) is 2.83. The van der Waals surface area contributed by atoms with Gasteiger partial charge in [0, 0.05) is 11.5 Å². The number of hydrogen-bond acceptors (Lipinski definition) is 3. The summed E-state index contributed by atoms with van der Waals surface area (Å²) in [4.78, 5) is 4.57. The number of aromatic nitrogens is 1. The van der Waals surface area contributed by atoms with E-state index in [9.17, 15) is 0 Å². The summed E-state index contributed by atoms with van der Waals surface area (Å²) in [5.41, 5.74) is 2.00. The van der Waals surface area contributed by atoms with Gasteiger partial charge in [0.25, 0.3) is 0 Å². The third-order valence-corrected chi connectivity index (χ3v) is 2.90. The molecular formula is C15H19NO2. The van der Waals surface area contributed by atoms with E-state index >= 15 is 0 Å². The third kappa shape index (κ3) is 2.40. The van der Waals surface area contributed by atoms with Gasteiger partial charge in [-0.2, -0.15) is 0 Å². The molecule has 18 heavy (non-hydrogen) atoms. The summed E-state index contributed by atoms with van der Waals surface area (Å²) in [6.07, 6.45) is 0.890. The van der Waals surface area contributed by atoms with Crippen LogP contribution in [0.2, 0.25) is 0 Å². The van der Waals surface area contributed by atoms with Gasteiger partial charge in [0.05, 0.1) is 12.8 Å². The van der Waals surface area contributed by atoms with E-state index in [1.807, 2.05) is 24.3 Å². The second-order valence-electron chi connectivity index (χ2n) is 4.57. The molecule has 0 radical (unpaired) electrons. The Kier molecular flexibility index (Phi) is 3.70. The highest BCUT2D eigenvalue weighted by Crippen LogP contribution is 2.29. The molecule has 0 saturated heterocycles. The topological polar surface area (TPSA) is 35.3 Å². The predicted molar refractivity (Wildman–Crippen MR) is 72.0 cm³/mol. The Morgan fingerprint density at radius 1 is 1.33 bits per heavy atom. The van der Waals surface area contributed by atoms with Gasteiger partial charge >= 0.3 is 0 Å². The van der Waals surface area contributed by atoms with Crippen LogP contribution in [0.3, 0.4) is 0 Å². The van der Waals surface area contributed by atoms with Gasteiger partial charge in [-0.1, -0.05) is 26.8 Å². The van der Waals surface area contributed by atoms with Gasteiger partial charge in [-0.05, 0) is 24.6 Å². The summed E-state index contributed by atoms with van der Waals surface area (Å²) >= 11 is 0. The van der Waals surface area contributed by atoms with Crippen molar-refractivity contribution in [1.29, 1.82) is 0 Å². The van der Waals surface area contributed by atoms with E-state index in [0.717, 1.165) is 29.2 Å². The maximum Gasteiger partial charge on any atom is 0.226 e. The van der Waals surface area contributed by atoms with E-state index in [2.05, 4.69) is 25.8 Å². The lowest BCUT2D eigenvalue weighted by atomic mass is 10.1. The summed E-state index contributed by atoms with van der Waals surface area (Å²) in [5.74, 6) is 2.83. The predicted octanol–water partition coefficient (Wildman–Crippen LogP) is 4.04. The molecule has 3 nitrogen and oxygen atoms in total. The highest BCUT2D eigenvalue weighted by Gasteiger charge is 2.16. The molecule has 0 unspecified atom stereocenters. The molecule has 1 aromatic carbocycles. The first-order chi connectivity index (χ1) is 8.65. The molecule has 0 amide bonds. The third-order valence-electron chi connectivity index (χ3n) is 2.90. The number of methoxy groups -OCH3 is 1. The summed E-state index contributed by atoms with van der Waals surface area (Å²) < 4.78 is 11.1. The van der Waals surface area contributed by atoms with Gasteiger partial charge in [-0.25, -0.2) is 4.98 Å². The van der Waals surface area contributed by atoms with Crippen LogP contribution >= 0.6 is 0 Å². The molecule has 0 saturated carbocycles. The number of ether oxygens (including phenoxy) is 1. The number of rotatable bonds is 4. The van der Waals surface area contributed by atoms with Gasteiger partial charge < -0.3 is 9.15 Å². The molecule has 0 fully saturated rings. The van der Waals surface area contributed by atoms with Gasteiger partial charge in [-0.3, -0.25) is 0 Å². The van der Waals surface area contributed by atoms with Crippen molar-refractivity contribution < 1.29 is 9.15 Å². The number of benzene rings is 1. The smallest absolute Gasteiger partial charge is 0.226 e. The number of oxazole rings is 1. The zero-order valence-corrected chi connectivity index (χ0v) is 11.4. The van der Waals surface area contributed by atoms with Crippen molar-refractivity contribution in [3.05, 3.63) is 35.7 Å². The number of hydrogen-bond donors (Lipinski definition) is 0. The van der Waals surface area contributed by atoms with E-state index in [4.69, 9.17) is 9.15 Å². The fourth-order valence-corrected chi connectivity index (χ4v) is 1.95. The van der Waals surface area contributed by atoms with Crippen molar-refractivity contribution in [1.82, 2.24) is 4.98 Å². The minimum absolute atomic E-state index is 0.354. The molecule has 0 spiro atoms. The van der Waals surface area contributed by atoms with Crippen LogP contribution in [0.1, 0.15) is 38.1 Å². The zero-order chi connectivity index (χ0) is 13.1. The molecule has 0 N–H and O–H groups in total. The first-order valence-corrected chi connectivity index (χ1v) is 6.29. The SMILES string of the molecule is CCc1nc(-c2cccc(OC)c2)oc1C(C)C. The summed E-state index contributed by atoms with van der Waals surface area (Å²) in [5, 5.41) is 0. The highest BCUT2D eigenvalue weighted by atomic mass is 16.5. The fourth-order valence-electron chi connectivity index (χ4n) is 1.95. The molecule has 1 heterocycles. The van der Waals surface area contributed by atoms with Crippen molar-refractivity contribution in [2.24, 2.45) is 0 Å². The van der Waals surface area contributed by atoms with Gasteiger partial charge in [0.1, 0.15) is 11.5 Å². The number of aryl methyl sites for hydroxylation is 1. The molecule has 3 heteroatoms. The number of nitrogens with zero attached hydrogens (tertiary/aromatic N) is 1. The van der Waals surface area contributed by atoms with Gasteiger partial charge in [0.2, 0.25) is 5.89 Å². The Labute approximate surface area is 108 Å². The Bertz CT molecular complexity index is 529. The monoisotopic (exact) mass is 245 g/mol. The Balaban J connectivity index is 2.44. The van der Waals surface area contributed by atoms with Crippen molar-refractivity contribution in [3.63, 3.8) is 0 Å². The molecule has 2 rings (SSSR count). The minimum atomic E-state index is 0.354. The van der Waals surface area contributed by atoms with Crippen LogP contribution in [0.5, 0.6) is 5.75 Å².